The second-order valence-corrected chi connectivity index (χ2v) is 6.79. The minimum absolute atomic E-state index is 0.0581. The van der Waals surface area contributed by atoms with E-state index >= 15 is 0 Å². The molecule has 2 atom stereocenters. The van der Waals surface area contributed by atoms with Crippen LogP contribution in [0.15, 0.2) is 41.7 Å². The molecule has 0 fully saturated rings. The summed E-state index contributed by atoms with van der Waals surface area (Å²) in [6, 6.07) is 8.19. The number of ether oxygens (including phenoxy) is 1. The van der Waals surface area contributed by atoms with E-state index in [1.54, 1.807) is 0 Å². The van der Waals surface area contributed by atoms with Crippen LogP contribution in [0.25, 0.3) is 0 Å². The lowest BCUT2D eigenvalue weighted by Crippen LogP contribution is -2.13. The van der Waals surface area contributed by atoms with Crippen molar-refractivity contribution >= 4 is 51.7 Å². The van der Waals surface area contributed by atoms with E-state index in [0.29, 0.717) is 21.5 Å². The maximum atomic E-state index is 6.16. The third-order valence-corrected chi connectivity index (χ3v) is 4.57. The van der Waals surface area contributed by atoms with Crippen LogP contribution in [-0.4, -0.2) is 17.0 Å². The topological polar surface area (TPSA) is 34.5 Å². The Morgan fingerprint density at radius 3 is 2.33 bits per heavy atom. The second kappa shape index (κ2) is 6.10. The van der Waals surface area contributed by atoms with Crippen molar-refractivity contribution < 1.29 is 4.74 Å². The van der Waals surface area contributed by atoms with Gasteiger partial charge in [0.25, 0.3) is 0 Å². The Bertz CT molecular complexity index is 683. The van der Waals surface area contributed by atoms with Crippen molar-refractivity contribution in [3.63, 3.8) is 0 Å². The van der Waals surface area contributed by atoms with E-state index in [1.165, 1.54) is 16.0 Å². The standard InChI is InChI=1S/C15H11Cl2IN2O/c1-8-14(9-2-4-10(18)5-3-9)20-15(21-8)13-11(16)6-19-7-12(13)17/h2-8,14H,1H3/t8-,14+/m1/s1. The Hall–Kier alpha value is -0.850. The highest BCUT2D eigenvalue weighted by molar-refractivity contribution is 14.1. The van der Waals surface area contributed by atoms with Gasteiger partial charge in [0.05, 0.1) is 15.6 Å². The van der Waals surface area contributed by atoms with Gasteiger partial charge in [-0.1, -0.05) is 35.3 Å². The lowest BCUT2D eigenvalue weighted by Gasteiger charge is -2.13. The van der Waals surface area contributed by atoms with Crippen LogP contribution in [0.1, 0.15) is 24.1 Å². The smallest absolute Gasteiger partial charge is 0.220 e. The van der Waals surface area contributed by atoms with Crippen LogP contribution in [0.5, 0.6) is 0 Å². The predicted molar refractivity (Wildman–Crippen MR) is 93.2 cm³/mol. The van der Waals surface area contributed by atoms with Crippen molar-refractivity contribution in [2.75, 3.05) is 0 Å². The number of halogens is 3. The fourth-order valence-corrected chi connectivity index (χ4v) is 3.13. The average molecular weight is 433 g/mol. The summed E-state index contributed by atoms with van der Waals surface area (Å²) in [6.07, 6.45) is 3.01. The molecule has 0 spiro atoms. The van der Waals surface area contributed by atoms with E-state index in [4.69, 9.17) is 27.9 Å². The number of nitrogens with zero attached hydrogens (tertiary/aromatic N) is 2. The normalized spacial score (nSPS) is 21.0. The second-order valence-electron chi connectivity index (χ2n) is 4.73. The van der Waals surface area contributed by atoms with Crippen LogP contribution < -0.4 is 0 Å². The fourth-order valence-electron chi connectivity index (χ4n) is 2.25. The molecule has 0 saturated carbocycles. The molecule has 1 aliphatic rings. The number of pyridine rings is 1. The van der Waals surface area contributed by atoms with E-state index in [0.717, 1.165) is 5.56 Å². The molecular weight excluding hydrogens is 422 g/mol. The molecule has 0 saturated heterocycles. The minimum atomic E-state index is -0.0691. The first-order valence-electron chi connectivity index (χ1n) is 6.35. The van der Waals surface area contributed by atoms with Crippen molar-refractivity contribution in [1.82, 2.24) is 4.98 Å². The third kappa shape index (κ3) is 3.03. The molecular formula is C15H11Cl2IN2O. The molecule has 3 nitrogen and oxygen atoms in total. The van der Waals surface area contributed by atoms with Gasteiger partial charge in [-0.05, 0) is 47.2 Å². The van der Waals surface area contributed by atoms with Crippen LogP contribution >= 0.6 is 45.8 Å². The number of aromatic nitrogens is 1. The van der Waals surface area contributed by atoms with Crippen LogP contribution in [-0.2, 0) is 4.74 Å². The molecule has 0 amide bonds. The molecule has 0 bridgehead atoms. The van der Waals surface area contributed by atoms with E-state index in [-0.39, 0.29) is 12.1 Å². The molecule has 1 aliphatic heterocycles. The van der Waals surface area contributed by atoms with Gasteiger partial charge in [0.15, 0.2) is 0 Å². The van der Waals surface area contributed by atoms with Gasteiger partial charge in [0.2, 0.25) is 5.90 Å². The Morgan fingerprint density at radius 2 is 1.71 bits per heavy atom. The van der Waals surface area contributed by atoms with Gasteiger partial charge in [-0.25, -0.2) is 4.99 Å². The van der Waals surface area contributed by atoms with Crippen molar-refractivity contribution in [1.29, 1.82) is 0 Å². The van der Waals surface area contributed by atoms with Crippen molar-refractivity contribution in [2.45, 2.75) is 19.1 Å². The van der Waals surface area contributed by atoms with Gasteiger partial charge in [-0.15, -0.1) is 0 Å². The van der Waals surface area contributed by atoms with E-state index < -0.39 is 0 Å². The van der Waals surface area contributed by atoms with E-state index in [9.17, 15) is 0 Å². The molecule has 0 N–H and O–H groups in total. The van der Waals surface area contributed by atoms with Crippen molar-refractivity contribution in [3.05, 3.63) is 61.4 Å². The zero-order valence-electron chi connectivity index (χ0n) is 11.1. The van der Waals surface area contributed by atoms with Gasteiger partial charge in [-0.2, -0.15) is 0 Å². The molecule has 2 aromatic rings. The Morgan fingerprint density at radius 1 is 1.10 bits per heavy atom. The molecule has 0 radical (unpaired) electrons. The molecule has 1 aromatic heterocycles. The summed E-state index contributed by atoms with van der Waals surface area (Å²) in [6.45, 7) is 1.99. The first-order chi connectivity index (χ1) is 10.1. The molecule has 2 heterocycles. The van der Waals surface area contributed by atoms with Crippen LogP contribution in [0.4, 0.5) is 0 Å². The molecule has 3 rings (SSSR count). The molecule has 1 aromatic carbocycles. The summed E-state index contributed by atoms with van der Waals surface area (Å²) in [7, 11) is 0. The first kappa shape index (κ1) is 15.1. The zero-order valence-corrected chi connectivity index (χ0v) is 14.7. The van der Waals surface area contributed by atoms with Gasteiger partial charge >= 0.3 is 0 Å². The first-order valence-corrected chi connectivity index (χ1v) is 8.19. The van der Waals surface area contributed by atoms with Gasteiger partial charge in [0.1, 0.15) is 12.1 Å². The Kier molecular flexibility index (Phi) is 4.38. The minimum Gasteiger partial charge on any atom is -0.472 e. The maximum absolute atomic E-state index is 6.16. The highest BCUT2D eigenvalue weighted by Gasteiger charge is 2.31. The van der Waals surface area contributed by atoms with Gasteiger partial charge in [-0.3, -0.25) is 4.98 Å². The average Bonchev–Trinajstić information content (AvgIpc) is 2.81. The quantitative estimate of drug-likeness (QED) is 0.632. The lowest BCUT2D eigenvalue weighted by atomic mass is 10.0. The third-order valence-electron chi connectivity index (χ3n) is 3.28. The highest BCUT2D eigenvalue weighted by atomic mass is 127. The summed E-state index contributed by atoms with van der Waals surface area (Å²) in [4.78, 5) is 8.60. The largest absolute Gasteiger partial charge is 0.472 e. The molecule has 6 heteroatoms. The Balaban J connectivity index is 1.99. The predicted octanol–water partition coefficient (Wildman–Crippen LogP) is 4.90. The summed E-state index contributed by atoms with van der Waals surface area (Å²) < 4.78 is 7.05. The van der Waals surface area contributed by atoms with Crippen LogP contribution in [0.3, 0.4) is 0 Å². The van der Waals surface area contributed by atoms with Gasteiger partial charge < -0.3 is 4.74 Å². The van der Waals surface area contributed by atoms with E-state index in [1.807, 2.05) is 6.92 Å². The summed E-state index contributed by atoms with van der Waals surface area (Å²) in [5.41, 5.74) is 1.72. The van der Waals surface area contributed by atoms with Gasteiger partial charge in [0, 0.05) is 16.0 Å². The number of rotatable bonds is 2. The molecule has 0 aliphatic carbocycles. The summed E-state index contributed by atoms with van der Waals surface area (Å²) in [5, 5.41) is 0.883. The van der Waals surface area contributed by atoms with E-state index in [2.05, 4.69) is 56.8 Å². The zero-order chi connectivity index (χ0) is 15.0. The van der Waals surface area contributed by atoms with Crippen LogP contribution in [0, 0.1) is 3.57 Å². The number of hydrogen-bond donors (Lipinski definition) is 0. The number of hydrogen-bond acceptors (Lipinski definition) is 3. The highest BCUT2D eigenvalue weighted by Crippen LogP contribution is 2.34. The fraction of sp³-hybridized carbons (Fsp3) is 0.200. The SMILES string of the molecule is C[C@H]1OC(c2c(Cl)cncc2Cl)=N[C@@H]1c1ccc(I)cc1. The Labute approximate surface area is 146 Å². The number of aliphatic imine (C=N–C) groups is 1. The molecule has 108 valence electrons. The summed E-state index contributed by atoms with van der Waals surface area (Å²) in [5.74, 6) is 0.475. The molecule has 0 unspecified atom stereocenters. The number of benzene rings is 1. The lowest BCUT2D eigenvalue weighted by molar-refractivity contribution is 0.214. The molecule has 21 heavy (non-hydrogen) atoms. The summed E-state index contributed by atoms with van der Waals surface area (Å²) >= 11 is 14.6. The van der Waals surface area contributed by atoms with Crippen molar-refractivity contribution in [2.24, 2.45) is 4.99 Å². The van der Waals surface area contributed by atoms with Crippen LogP contribution in [0.2, 0.25) is 10.0 Å². The maximum Gasteiger partial charge on any atom is 0.220 e. The van der Waals surface area contributed by atoms with Crippen molar-refractivity contribution in [3.8, 4) is 0 Å². The monoisotopic (exact) mass is 432 g/mol.